The predicted octanol–water partition coefficient (Wildman–Crippen LogP) is 0.364. The number of halogens is 1. The number of amides is 1. The van der Waals surface area contributed by atoms with Crippen molar-refractivity contribution in [3.8, 4) is 0 Å². The van der Waals surface area contributed by atoms with Gasteiger partial charge in [-0.05, 0) is 24.6 Å². The van der Waals surface area contributed by atoms with Gasteiger partial charge in [-0.3, -0.25) is 9.59 Å². The van der Waals surface area contributed by atoms with Crippen molar-refractivity contribution in [2.75, 3.05) is 0 Å². The molecule has 1 amide bonds. The lowest BCUT2D eigenvalue weighted by Gasteiger charge is -2.14. The molecule has 0 radical (unpaired) electrons. The number of rotatable bonds is 6. The number of aliphatic carboxylic acids is 1. The fraction of sp³-hybridized carbons (Fsp3) is 0.273. The molecule has 1 rings (SSSR count). The maximum Gasteiger partial charge on any atom is 0.322 e. The Balaban J connectivity index is 3.12. The standard InChI is InChI=1S/C11H13BrN2O5S/c1-6-2-3-7(12)4-9(6)20(18,19)14-8(11(16)17)5-10(13)15/h2-4,8,14H,5H2,1H3,(H2,13,15)(H,16,17)/t8-/m0/s1. The van der Waals surface area contributed by atoms with Gasteiger partial charge in [0.1, 0.15) is 6.04 Å². The number of aryl methyl sites for hydroxylation is 1. The normalized spacial score (nSPS) is 12.9. The Morgan fingerprint density at radius 1 is 1.45 bits per heavy atom. The third-order valence-corrected chi connectivity index (χ3v) is 4.55. The lowest BCUT2D eigenvalue weighted by atomic mass is 10.2. The zero-order valence-electron chi connectivity index (χ0n) is 10.5. The molecule has 1 atom stereocenters. The lowest BCUT2D eigenvalue weighted by molar-refractivity contribution is -0.140. The molecule has 0 fully saturated rings. The first-order valence-corrected chi connectivity index (χ1v) is 7.70. The van der Waals surface area contributed by atoms with Crippen LogP contribution in [0, 0.1) is 6.92 Å². The second kappa shape index (κ2) is 6.33. The lowest BCUT2D eigenvalue weighted by Crippen LogP contribution is -2.43. The van der Waals surface area contributed by atoms with Crippen LogP contribution in [0.15, 0.2) is 27.6 Å². The van der Waals surface area contributed by atoms with E-state index in [-0.39, 0.29) is 4.90 Å². The molecule has 0 spiro atoms. The minimum Gasteiger partial charge on any atom is -0.480 e. The summed E-state index contributed by atoms with van der Waals surface area (Å²) < 4.78 is 26.8. The van der Waals surface area contributed by atoms with Crippen molar-refractivity contribution in [3.63, 3.8) is 0 Å². The largest absolute Gasteiger partial charge is 0.480 e. The zero-order chi connectivity index (χ0) is 15.5. The Bertz CT molecular complexity index is 644. The van der Waals surface area contributed by atoms with Crippen LogP contribution in [0.1, 0.15) is 12.0 Å². The summed E-state index contributed by atoms with van der Waals surface area (Å²) in [4.78, 5) is 21.7. The molecule has 0 saturated carbocycles. The Hall–Kier alpha value is -1.45. The second-order valence-corrected chi connectivity index (χ2v) is 6.69. The monoisotopic (exact) mass is 364 g/mol. The fourth-order valence-corrected chi connectivity index (χ4v) is 3.47. The Labute approximate surface area is 124 Å². The Morgan fingerprint density at radius 3 is 2.55 bits per heavy atom. The number of primary amides is 1. The molecule has 4 N–H and O–H groups in total. The summed E-state index contributed by atoms with van der Waals surface area (Å²) in [5.74, 6) is -2.38. The van der Waals surface area contributed by atoms with E-state index in [9.17, 15) is 18.0 Å². The molecule has 9 heteroatoms. The highest BCUT2D eigenvalue weighted by Crippen LogP contribution is 2.20. The van der Waals surface area contributed by atoms with E-state index in [1.165, 1.54) is 6.07 Å². The quantitative estimate of drug-likeness (QED) is 0.671. The summed E-state index contributed by atoms with van der Waals surface area (Å²) in [5, 5.41) is 8.91. The van der Waals surface area contributed by atoms with Crippen LogP contribution in [0.5, 0.6) is 0 Å². The minimum absolute atomic E-state index is 0.0670. The van der Waals surface area contributed by atoms with Crippen molar-refractivity contribution in [3.05, 3.63) is 28.2 Å². The topological polar surface area (TPSA) is 127 Å². The summed E-state index contributed by atoms with van der Waals surface area (Å²) >= 11 is 3.14. The maximum absolute atomic E-state index is 12.2. The molecule has 20 heavy (non-hydrogen) atoms. The summed E-state index contributed by atoms with van der Waals surface area (Å²) in [6.45, 7) is 1.57. The average molecular weight is 365 g/mol. The molecule has 110 valence electrons. The molecule has 0 aliphatic rings. The van der Waals surface area contributed by atoms with Crippen LogP contribution in [0.4, 0.5) is 0 Å². The molecular formula is C11H13BrN2O5S. The number of carbonyl (C=O) groups is 2. The van der Waals surface area contributed by atoms with Gasteiger partial charge in [-0.1, -0.05) is 22.0 Å². The van der Waals surface area contributed by atoms with Crippen LogP contribution in [-0.2, 0) is 19.6 Å². The highest BCUT2D eigenvalue weighted by atomic mass is 79.9. The van der Waals surface area contributed by atoms with E-state index in [1.807, 2.05) is 4.72 Å². The fourth-order valence-electron chi connectivity index (χ4n) is 1.49. The third kappa shape index (κ3) is 4.29. The maximum atomic E-state index is 12.2. The molecule has 7 nitrogen and oxygen atoms in total. The number of sulfonamides is 1. The van der Waals surface area contributed by atoms with E-state index in [2.05, 4.69) is 15.9 Å². The van der Waals surface area contributed by atoms with Crippen LogP contribution in [0.2, 0.25) is 0 Å². The summed E-state index contributed by atoms with van der Waals surface area (Å²) in [6, 6.07) is 2.98. The van der Waals surface area contributed by atoms with E-state index in [1.54, 1.807) is 19.1 Å². The van der Waals surface area contributed by atoms with Crippen LogP contribution < -0.4 is 10.5 Å². The first kappa shape index (κ1) is 16.6. The highest BCUT2D eigenvalue weighted by Gasteiger charge is 2.27. The number of carbonyl (C=O) groups excluding carboxylic acids is 1. The molecule has 0 aliphatic carbocycles. The van der Waals surface area contributed by atoms with Gasteiger partial charge in [-0.2, -0.15) is 4.72 Å². The second-order valence-electron chi connectivity index (χ2n) is 4.09. The minimum atomic E-state index is -4.07. The third-order valence-electron chi connectivity index (χ3n) is 2.44. The van der Waals surface area contributed by atoms with E-state index in [0.717, 1.165) is 0 Å². The van der Waals surface area contributed by atoms with Gasteiger partial charge in [0.25, 0.3) is 0 Å². The predicted molar refractivity (Wildman–Crippen MR) is 74.4 cm³/mol. The highest BCUT2D eigenvalue weighted by molar-refractivity contribution is 9.10. The van der Waals surface area contributed by atoms with E-state index < -0.39 is 34.4 Å². The summed E-state index contributed by atoms with van der Waals surface area (Å²) in [6.07, 6.45) is -0.623. The van der Waals surface area contributed by atoms with Gasteiger partial charge in [0.15, 0.2) is 0 Å². The number of hydrogen-bond donors (Lipinski definition) is 3. The number of carboxylic acid groups (broad SMARTS) is 1. The number of nitrogens with one attached hydrogen (secondary N) is 1. The van der Waals surface area contributed by atoms with Crippen LogP contribution in [-0.4, -0.2) is 31.4 Å². The van der Waals surface area contributed by atoms with Crippen molar-refractivity contribution in [2.24, 2.45) is 5.73 Å². The van der Waals surface area contributed by atoms with Gasteiger partial charge in [0, 0.05) is 4.47 Å². The molecule has 1 aromatic carbocycles. The Morgan fingerprint density at radius 2 is 2.05 bits per heavy atom. The molecule has 0 aliphatic heterocycles. The first-order chi connectivity index (χ1) is 9.13. The van der Waals surface area contributed by atoms with Gasteiger partial charge in [0.05, 0.1) is 11.3 Å². The molecule has 0 aromatic heterocycles. The zero-order valence-corrected chi connectivity index (χ0v) is 12.9. The molecule has 0 saturated heterocycles. The molecule has 1 aromatic rings. The van der Waals surface area contributed by atoms with Crippen molar-refractivity contribution in [1.29, 1.82) is 0 Å². The molecule has 0 bridgehead atoms. The Kier molecular flexibility index (Phi) is 5.26. The number of benzene rings is 1. The van der Waals surface area contributed by atoms with E-state index in [0.29, 0.717) is 10.0 Å². The van der Waals surface area contributed by atoms with Crippen LogP contribution in [0.25, 0.3) is 0 Å². The van der Waals surface area contributed by atoms with Crippen LogP contribution >= 0.6 is 15.9 Å². The average Bonchev–Trinajstić information content (AvgIpc) is 2.30. The van der Waals surface area contributed by atoms with E-state index in [4.69, 9.17) is 10.8 Å². The molecule has 0 heterocycles. The molecule has 0 unspecified atom stereocenters. The number of nitrogens with two attached hydrogens (primary N) is 1. The van der Waals surface area contributed by atoms with Gasteiger partial charge in [-0.15, -0.1) is 0 Å². The van der Waals surface area contributed by atoms with Gasteiger partial charge in [0.2, 0.25) is 15.9 Å². The van der Waals surface area contributed by atoms with Crippen molar-refractivity contribution < 1.29 is 23.1 Å². The smallest absolute Gasteiger partial charge is 0.322 e. The van der Waals surface area contributed by atoms with Crippen molar-refractivity contribution in [2.45, 2.75) is 24.3 Å². The summed E-state index contributed by atoms with van der Waals surface area (Å²) in [7, 11) is -4.07. The SMILES string of the molecule is Cc1ccc(Br)cc1S(=O)(=O)N[C@@H](CC(N)=O)C(=O)O. The first-order valence-electron chi connectivity index (χ1n) is 5.43. The van der Waals surface area contributed by atoms with Crippen LogP contribution in [0.3, 0.4) is 0 Å². The molecular weight excluding hydrogens is 352 g/mol. The van der Waals surface area contributed by atoms with Gasteiger partial charge < -0.3 is 10.8 Å². The van der Waals surface area contributed by atoms with Crippen molar-refractivity contribution in [1.82, 2.24) is 4.72 Å². The van der Waals surface area contributed by atoms with Crippen molar-refractivity contribution >= 4 is 37.8 Å². The van der Waals surface area contributed by atoms with Gasteiger partial charge in [-0.25, -0.2) is 8.42 Å². The summed E-state index contributed by atoms with van der Waals surface area (Å²) in [5.41, 5.74) is 5.35. The number of hydrogen-bond acceptors (Lipinski definition) is 4. The van der Waals surface area contributed by atoms with E-state index >= 15 is 0 Å². The van der Waals surface area contributed by atoms with Gasteiger partial charge >= 0.3 is 5.97 Å². The number of carboxylic acids is 1.